The van der Waals surface area contributed by atoms with Gasteiger partial charge >= 0.3 is 0 Å². The van der Waals surface area contributed by atoms with Crippen molar-refractivity contribution in [3.05, 3.63) is 29.3 Å². The second-order valence-electron chi connectivity index (χ2n) is 6.24. The van der Waals surface area contributed by atoms with Gasteiger partial charge in [0.05, 0.1) is 12.2 Å². The summed E-state index contributed by atoms with van der Waals surface area (Å²) in [7, 11) is 0. The average molecular weight is 289 g/mol. The van der Waals surface area contributed by atoms with E-state index < -0.39 is 5.60 Å². The second-order valence-corrected chi connectivity index (χ2v) is 6.24. The molecular formula is C17H23NO3. The van der Waals surface area contributed by atoms with Crippen LogP contribution in [-0.4, -0.2) is 29.8 Å². The third-order valence-electron chi connectivity index (χ3n) is 4.56. The molecule has 0 spiro atoms. The van der Waals surface area contributed by atoms with Crippen molar-refractivity contribution in [1.29, 1.82) is 0 Å². The number of carbonyl (C=O) groups is 1. The maximum atomic E-state index is 12.3. The zero-order chi connectivity index (χ0) is 14.7. The first-order valence-corrected chi connectivity index (χ1v) is 7.93. The van der Waals surface area contributed by atoms with E-state index in [9.17, 15) is 9.90 Å². The van der Waals surface area contributed by atoms with E-state index >= 15 is 0 Å². The molecule has 1 aliphatic heterocycles. The minimum absolute atomic E-state index is 0.109. The largest absolute Gasteiger partial charge is 0.493 e. The molecule has 0 radical (unpaired) electrons. The van der Waals surface area contributed by atoms with Crippen LogP contribution in [0.1, 0.15) is 54.4 Å². The standard InChI is InChI=1S/C17H23NO3/c19-16(14-5-6-15-13(11-14)7-10-21-15)18-12-17(20)8-3-1-2-4-9-17/h5-6,11,20H,1-4,7-10,12H2,(H,18,19). The summed E-state index contributed by atoms with van der Waals surface area (Å²) in [6.07, 6.45) is 6.88. The highest BCUT2D eigenvalue weighted by molar-refractivity contribution is 5.94. The van der Waals surface area contributed by atoms with E-state index in [0.29, 0.717) is 18.7 Å². The quantitative estimate of drug-likeness (QED) is 0.840. The topological polar surface area (TPSA) is 58.6 Å². The number of hydrogen-bond donors (Lipinski definition) is 2. The number of benzene rings is 1. The van der Waals surface area contributed by atoms with Crippen LogP contribution < -0.4 is 10.1 Å². The fraction of sp³-hybridized carbons (Fsp3) is 0.588. The Kier molecular flexibility index (Phi) is 4.15. The lowest BCUT2D eigenvalue weighted by molar-refractivity contribution is 0.0246. The van der Waals surface area contributed by atoms with Gasteiger partial charge in [-0.15, -0.1) is 0 Å². The lowest BCUT2D eigenvalue weighted by Crippen LogP contribution is -2.42. The first-order chi connectivity index (χ1) is 10.2. The first kappa shape index (κ1) is 14.4. The van der Waals surface area contributed by atoms with Gasteiger partial charge in [-0.1, -0.05) is 25.7 Å². The zero-order valence-electron chi connectivity index (χ0n) is 12.4. The van der Waals surface area contributed by atoms with Crippen LogP contribution in [0, 0.1) is 0 Å². The minimum Gasteiger partial charge on any atom is -0.493 e. The lowest BCUT2D eigenvalue weighted by Gasteiger charge is -2.26. The van der Waals surface area contributed by atoms with Crippen molar-refractivity contribution < 1.29 is 14.6 Å². The van der Waals surface area contributed by atoms with Gasteiger partial charge < -0.3 is 15.2 Å². The first-order valence-electron chi connectivity index (χ1n) is 7.93. The van der Waals surface area contributed by atoms with Crippen LogP contribution in [0.2, 0.25) is 0 Å². The predicted molar refractivity (Wildman–Crippen MR) is 80.6 cm³/mol. The monoisotopic (exact) mass is 289 g/mol. The van der Waals surface area contributed by atoms with E-state index in [2.05, 4.69) is 5.32 Å². The molecule has 1 heterocycles. The van der Waals surface area contributed by atoms with Gasteiger partial charge in [0.2, 0.25) is 0 Å². The van der Waals surface area contributed by atoms with E-state index in [1.54, 1.807) is 6.07 Å². The number of rotatable bonds is 3. The highest BCUT2D eigenvalue weighted by Gasteiger charge is 2.28. The van der Waals surface area contributed by atoms with Gasteiger partial charge in [-0.3, -0.25) is 4.79 Å². The van der Waals surface area contributed by atoms with Gasteiger partial charge in [-0.05, 0) is 36.6 Å². The maximum Gasteiger partial charge on any atom is 0.251 e. The third kappa shape index (κ3) is 3.38. The Labute approximate surface area is 125 Å². The normalized spacial score (nSPS) is 20.2. The summed E-state index contributed by atoms with van der Waals surface area (Å²) in [6.45, 7) is 1.04. The van der Waals surface area contributed by atoms with Crippen LogP contribution in [0.4, 0.5) is 0 Å². The summed E-state index contributed by atoms with van der Waals surface area (Å²) in [6, 6.07) is 5.54. The van der Waals surface area contributed by atoms with Crippen LogP contribution in [0.25, 0.3) is 0 Å². The van der Waals surface area contributed by atoms with Crippen LogP contribution in [0.15, 0.2) is 18.2 Å². The van der Waals surface area contributed by atoms with Crippen molar-refractivity contribution in [3.63, 3.8) is 0 Å². The molecule has 1 aromatic carbocycles. The highest BCUT2D eigenvalue weighted by atomic mass is 16.5. The number of aliphatic hydroxyl groups is 1. The smallest absolute Gasteiger partial charge is 0.251 e. The Balaban J connectivity index is 1.61. The van der Waals surface area contributed by atoms with Gasteiger partial charge in [0.1, 0.15) is 5.75 Å². The van der Waals surface area contributed by atoms with Crippen molar-refractivity contribution in [1.82, 2.24) is 5.32 Å². The second kappa shape index (κ2) is 6.06. The summed E-state index contributed by atoms with van der Waals surface area (Å²) < 4.78 is 5.45. The molecule has 0 unspecified atom stereocenters. The van der Waals surface area contributed by atoms with Gasteiger partial charge in [0, 0.05) is 18.5 Å². The molecule has 1 fully saturated rings. The number of carbonyl (C=O) groups excluding carboxylic acids is 1. The molecule has 2 aliphatic rings. The fourth-order valence-corrected chi connectivity index (χ4v) is 3.24. The van der Waals surface area contributed by atoms with Crippen LogP contribution in [0.5, 0.6) is 5.75 Å². The molecule has 114 valence electrons. The van der Waals surface area contributed by atoms with Crippen molar-refractivity contribution >= 4 is 5.91 Å². The van der Waals surface area contributed by atoms with E-state index in [1.165, 1.54) is 12.8 Å². The molecule has 0 aromatic heterocycles. The number of hydrogen-bond acceptors (Lipinski definition) is 3. The highest BCUT2D eigenvalue weighted by Crippen LogP contribution is 2.27. The van der Waals surface area contributed by atoms with E-state index in [1.807, 2.05) is 12.1 Å². The van der Waals surface area contributed by atoms with Crippen LogP contribution >= 0.6 is 0 Å². The Bertz CT molecular complexity index is 519. The Morgan fingerprint density at radius 2 is 2.00 bits per heavy atom. The summed E-state index contributed by atoms with van der Waals surface area (Å²) in [5, 5.41) is 13.5. The van der Waals surface area contributed by atoms with E-state index in [0.717, 1.165) is 43.4 Å². The molecule has 4 nitrogen and oxygen atoms in total. The maximum absolute atomic E-state index is 12.3. The summed E-state index contributed by atoms with van der Waals surface area (Å²) >= 11 is 0. The lowest BCUT2D eigenvalue weighted by atomic mass is 9.94. The fourth-order valence-electron chi connectivity index (χ4n) is 3.24. The Hall–Kier alpha value is -1.55. The molecule has 1 amide bonds. The Morgan fingerprint density at radius 1 is 1.24 bits per heavy atom. The molecule has 0 saturated heterocycles. The van der Waals surface area contributed by atoms with Crippen LogP contribution in [-0.2, 0) is 6.42 Å². The van der Waals surface area contributed by atoms with Gasteiger partial charge in [-0.25, -0.2) is 0 Å². The van der Waals surface area contributed by atoms with Gasteiger partial charge in [-0.2, -0.15) is 0 Å². The molecule has 2 N–H and O–H groups in total. The SMILES string of the molecule is O=C(NCC1(O)CCCCCC1)c1ccc2c(c1)CCO2. The van der Waals surface area contributed by atoms with Gasteiger partial charge in [0.15, 0.2) is 0 Å². The molecular weight excluding hydrogens is 266 g/mol. The van der Waals surface area contributed by atoms with Gasteiger partial charge in [0.25, 0.3) is 5.91 Å². The van der Waals surface area contributed by atoms with Crippen molar-refractivity contribution in [3.8, 4) is 5.75 Å². The van der Waals surface area contributed by atoms with E-state index in [-0.39, 0.29) is 5.91 Å². The molecule has 1 aliphatic carbocycles. The molecule has 0 bridgehead atoms. The summed E-state index contributed by atoms with van der Waals surface area (Å²) in [5.74, 6) is 0.774. The third-order valence-corrected chi connectivity index (χ3v) is 4.56. The zero-order valence-corrected chi connectivity index (χ0v) is 12.4. The van der Waals surface area contributed by atoms with Crippen molar-refractivity contribution in [2.45, 2.75) is 50.5 Å². The molecule has 21 heavy (non-hydrogen) atoms. The van der Waals surface area contributed by atoms with Crippen LogP contribution in [0.3, 0.4) is 0 Å². The summed E-state index contributed by atoms with van der Waals surface area (Å²) in [5.41, 5.74) is 1.01. The molecule has 4 heteroatoms. The number of ether oxygens (including phenoxy) is 1. The number of fused-ring (bicyclic) bond motifs is 1. The summed E-state index contributed by atoms with van der Waals surface area (Å²) in [4.78, 5) is 12.3. The minimum atomic E-state index is -0.730. The molecule has 3 rings (SSSR count). The molecule has 1 saturated carbocycles. The molecule has 0 atom stereocenters. The van der Waals surface area contributed by atoms with Crippen molar-refractivity contribution in [2.75, 3.05) is 13.2 Å². The van der Waals surface area contributed by atoms with E-state index in [4.69, 9.17) is 4.74 Å². The number of nitrogens with one attached hydrogen (secondary N) is 1. The molecule has 1 aromatic rings. The predicted octanol–water partition coefficient (Wildman–Crippen LogP) is 2.44. The Morgan fingerprint density at radius 3 is 2.76 bits per heavy atom. The van der Waals surface area contributed by atoms with Crippen molar-refractivity contribution in [2.24, 2.45) is 0 Å². The number of amides is 1. The average Bonchev–Trinajstić information content (AvgIpc) is 2.85.